The van der Waals surface area contributed by atoms with Crippen LogP contribution in [0.25, 0.3) is 0 Å². The third kappa shape index (κ3) is 2.90. The summed E-state index contributed by atoms with van der Waals surface area (Å²) in [5.74, 6) is 2.23. The Labute approximate surface area is 108 Å². The van der Waals surface area contributed by atoms with E-state index in [-0.39, 0.29) is 0 Å². The summed E-state index contributed by atoms with van der Waals surface area (Å²) in [7, 11) is 0. The van der Waals surface area contributed by atoms with Gasteiger partial charge in [-0.1, -0.05) is 12.8 Å². The van der Waals surface area contributed by atoms with Crippen LogP contribution in [-0.2, 0) is 6.42 Å². The minimum Gasteiger partial charge on any atom is -0.425 e. The van der Waals surface area contributed by atoms with E-state index in [1.807, 2.05) is 0 Å². The second-order valence-electron chi connectivity index (χ2n) is 5.36. The molecule has 1 N–H and O–H groups in total. The summed E-state index contributed by atoms with van der Waals surface area (Å²) in [4.78, 5) is 2.45. The zero-order valence-corrected chi connectivity index (χ0v) is 10.9. The van der Waals surface area contributed by atoms with E-state index in [0.717, 1.165) is 50.9 Å². The molecule has 0 atom stereocenters. The summed E-state index contributed by atoms with van der Waals surface area (Å²) >= 11 is 0. The molecule has 1 aliphatic heterocycles. The highest BCUT2D eigenvalue weighted by Crippen LogP contribution is 2.33. The monoisotopic (exact) mass is 250 g/mol. The van der Waals surface area contributed by atoms with Crippen molar-refractivity contribution in [2.75, 3.05) is 32.7 Å². The number of rotatable bonds is 4. The standard InChI is InChI=1S/C13H22N4O/c1-2-4-11(3-1)13-16-15-12(18-13)5-8-17-9-6-14-7-10-17/h11,14H,1-10H2. The predicted molar refractivity (Wildman–Crippen MR) is 68.5 cm³/mol. The largest absolute Gasteiger partial charge is 0.425 e. The lowest BCUT2D eigenvalue weighted by atomic mass is 10.1. The van der Waals surface area contributed by atoms with Crippen LogP contribution in [-0.4, -0.2) is 47.8 Å². The highest BCUT2D eigenvalue weighted by Gasteiger charge is 2.22. The van der Waals surface area contributed by atoms with Crippen LogP contribution >= 0.6 is 0 Å². The molecule has 1 saturated heterocycles. The number of nitrogens with zero attached hydrogens (tertiary/aromatic N) is 3. The predicted octanol–water partition coefficient (Wildman–Crippen LogP) is 1.17. The first-order chi connectivity index (χ1) is 8.92. The Kier molecular flexibility index (Phi) is 3.90. The summed E-state index contributed by atoms with van der Waals surface area (Å²) in [6, 6.07) is 0. The lowest BCUT2D eigenvalue weighted by molar-refractivity contribution is 0.237. The van der Waals surface area contributed by atoms with Crippen LogP contribution in [0.1, 0.15) is 43.4 Å². The van der Waals surface area contributed by atoms with Gasteiger partial charge in [-0.15, -0.1) is 10.2 Å². The van der Waals surface area contributed by atoms with Gasteiger partial charge in [0.2, 0.25) is 11.8 Å². The summed E-state index contributed by atoms with van der Waals surface area (Å²) in [6.07, 6.45) is 5.95. The first-order valence-electron chi connectivity index (χ1n) is 7.17. The summed E-state index contributed by atoms with van der Waals surface area (Å²) in [6.45, 7) is 5.48. The van der Waals surface area contributed by atoms with E-state index in [1.165, 1.54) is 25.7 Å². The van der Waals surface area contributed by atoms with E-state index in [1.54, 1.807) is 0 Å². The van der Waals surface area contributed by atoms with Crippen molar-refractivity contribution < 1.29 is 4.42 Å². The second kappa shape index (κ2) is 5.80. The van der Waals surface area contributed by atoms with Gasteiger partial charge in [0.05, 0.1) is 0 Å². The van der Waals surface area contributed by atoms with Crippen molar-refractivity contribution in [3.63, 3.8) is 0 Å². The Morgan fingerprint density at radius 3 is 2.72 bits per heavy atom. The van der Waals surface area contributed by atoms with Gasteiger partial charge in [-0.25, -0.2) is 0 Å². The molecule has 1 aromatic heterocycles. The minimum absolute atomic E-state index is 0.533. The molecular weight excluding hydrogens is 228 g/mol. The van der Waals surface area contributed by atoms with Crippen molar-refractivity contribution in [3.8, 4) is 0 Å². The minimum atomic E-state index is 0.533. The van der Waals surface area contributed by atoms with Gasteiger partial charge in [0, 0.05) is 45.1 Å². The zero-order valence-electron chi connectivity index (χ0n) is 10.9. The Morgan fingerprint density at radius 1 is 1.17 bits per heavy atom. The third-order valence-electron chi connectivity index (χ3n) is 4.04. The smallest absolute Gasteiger partial charge is 0.219 e. The van der Waals surface area contributed by atoms with Crippen molar-refractivity contribution in [1.82, 2.24) is 20.4 Å². The summed E-state index contributed by atoms with van der Waals surface area (Å²) in [5.41, 5.74) is 0. The highest BCUT2D eigenvalue weighted by molar-refractivity contribution is 4.94. The molecule has 18 heavy (non-hydrogen) atoms. The van der Waals surface area contributed by atoms with Crippen LogP contribution in [0.15, 0.2) is 4.42 Å². The fourth-order valence-corrected chi connectivity index (χ4v) is 2.89. The Hall–Kier alpha value is -0.940. The van der Waals surface area contributed by atoms with Gasteiger partial charge in [-0.2, -0.15) is 0 Å². The van der Waals surface area contributed by atoms with E-state index in [0.29, 0.717) is 5.92 Å². The SMILES string of the molecule is C1CCC(c2nnc(CCN3CCNCC3)o2)C1. The molecule has 1 aliphatic carbocycles. The van der Waals surface area contributed by atoms with Crippen molar-refractivity contribution in [2.45, 2.75) is 38.0 Å². The average Bonchev–Trinajstić information content (AvgIpc) is 3.08. The maximum Gasteiger partial charge on any atom is 0.219 e. The van der Waals surface area contributed by atoms with Crippen LogP contribution in [0.3, 0.4) is 0 Å². The van der Waals surface area contributed by atoms with E-state index < -0.39 is 0 Å². The van der Waals surface area contributed by atoms with Gasteiger partial charge in [0.15, 0.2) is 0 Å². The summed E-state index contributed by atoms with van der Waals surface area (Å²) in [5, 5.41) is 11.8. The molecule has 0 radical (unpaired) electrons. The van der Waals surface area contributed by atoms with Crippen molar-refractivity contribution in [1.29, 1.82) is 0 Å². The normalized spacial score (nSPS) is 22.7. The first kappa shape index (κ1) is 12.1. The van der Waals surface area contributed by atoms with Crippen LogP contribution in [0.4, 0.5) is 0 Å². The molecular formula is C13H22N4O. The quantitative estimate of drug-likeness (QED) is 0.869. The number of piperazine rings is 1. The molecule has 1 saturated carbocycles. The first-order valence-corrected chi connectivity index (χ1v) is 7.17. The van der Waals surface area contributed by atoms with Crippen molar-refractivity contribution in [2.24, 2.45) is 0 Å². The number of nitrogens with one attached hydrogen (secondary N) is 1. The topological polar surface area (TPSA) is 54.2 Å². The molecule has 5 heteroatoms. The fourth-order valence-electron chi connectivity index (χ4n) is 2.89. The molecule has 2 heterocycles. The van der Waals surface area contributed by atoms with Gasteiger partial charge >= 0.3 is 0 Å². The maximum absolute atomic E-state index is 5.79. The van der Waals surface area contributed by atoms with Crippen molar-refractivity contribution in [3.05, 3.63) is 11.8 Å². The Bertz CT molecular complexity index is 367. The Balaban J connectivity index is 1.50. The van der Waals surface area contributed by atoms with E-state index in [9.17, 15) is 0 Å². The molecule has 2 fully saturated rings. The molecule has 0 bridgehead atoms. The van der Waals surface area contributed by atoms with Gasteiger partial charge in [0.25, 0.3) is 0 Å². The van der Waals surface area contributed by atoms with Gasteiger partial charge < -0.3 is 14.6 Å². The molecule has 5 nitrogen and oxygen atoms in total. The number of hydrogen-bond donors (Lipinski definition) is 1. The molecule has 2 aliphatic rings. The second-order valence-corrected chi connectivity index (χ2v) is 5.36. The van der Waals surface area contributed by atoms with Gasteiger partial charge in [0.1, 0.15) is 0 Å². The molecule has 0 unspecified atom stereocenters. The molecule has 0 spiro atoms. The van der Waals surface area contributed by atoms with Gasteiger partial charge in [-0.3, -0.25) is 0 Å². The molecule has 0 amide bonds. The Morgan fingerprint density at radius 2 is 1.94 bits per heavy atom. The highest BCUT2D eigenvalue weighted by atomic mass is 16.4. The molecule has 100 valence electrons. The summed E-state index contributed by atoms with van der Waals surface area (Å²) < 4.78 is 5.79. The average molecular weight is 250 g/mol. The zero-order chi connectivity index (χ0) is 12.2. The lowest BCUT2D eigenvalue weighted by Crippen LogP contribution is -2.44. The van der Waals surface area contributed by atoms with E-state index in [2.05, 4.69) is 20.4 Å². The van der Waals surface area contributed by atoms with E-state index >= 15 is 0 Å². The lowest BCUT2D eigenvalue weighted by Gasteiger charge is -2.26. The van der Waals surface area contributed by atoms with Gasteiger partial charge in [-0.05, 0) is 12.8 Å². The fraction of sp³-hybridized carbons (Fsp3) is 0.846. The van der Waals surface area contributed by atoms with Crippen LogP contribution in [0.5, 0.6) is 0 Å². The van der Waals surface area contributed by atoms with Crippen LogP contribution in [0, 0.1) is 0 Å². The molecule has 1 aromatic rings. The molecule has 0 aromatic carbocycles. The van der Waals surface area contributed by atoms with Crippen molar-refractivity contribution >= 4 is 0 Å². The number of hydrogen-bond acceptors (Lipinski definition) is 5. The number of aromatic nitrogens is 2. The maximum atomic E-state index is 5.79. The van der Waals surface area contributed by atoms with E-state index in [4.69, 9.17) is 4.42 Å². The third-order valence-corrected chi connectivity index (χ3v) is 4.04. The molecule has 3 rings (SSSR count). The van der Waals surface area contributed by atoms with Crippen LogP contribution < -0.4 is 5.32 Å². The van der Waals surface area contributed by atoms with Crippen LogP contribution in [0.2, 0.25) is 0 Å².